The Kier molecular flexibility index (Phi) is 16.5. The first-order chi connectivity index (χ1) is 23.9. The topological polar surface area (TPSA) is 145 Å². The number of hydrogen-bond acceptors (Lipinski definition) is 9. The molecule has 0 bridgehead atoms. The number of rotatable bonds is 22. The van der Waals surface area contributed by atoms with Crippen LogP contribution in [-0.2, 0) is 47.7 Å². The third-order valence-corrected chi connectivity index (χ3v) is 8.43. The molecule has 5 atom stereocenters. The molecule has 3 aromatic rings. The second-order valence-corrected chi connectivity index (χ2v) is 12.1. The second kappa shape index (κ2) is 21.3. The predicted molar refractivity (Wildman–Crippen MR) is 184 cm³/mol. The minimum atomic E-state index is -1.08. The van der Waals surface area contributed by atoms with E-state index in [4.69, 9.17) is 23.7 Å². The van der Waals surface area contributed by atoms with Crippen LogP contribution in [0.1, 0.15) is 34.7 Å². The van der Waals surface area contributed by atoms with Gasteiger partial charge in [-0.2, -0.15) is 0 Å². The number of amides is 2. The van der Waals surface area contributed by atoms with Gasteiger partial charge in [0.05, 0.1) is 70.5 Å². The second-order valence-electron chi connectivity index (χ2n) is 12.1. The normalized spacial score (nSPS) is 17.1. The largest absolute Gasteiger partial charge is 0.447 e. The lowest BCUT2D eigenvalue weighted by Gasteiger charge is -2.28. The van der Waals surface area contributed by atoms with E-state index in [1.165, 1.54) is 0 Å². The van der Waals surface area contributed by atoms with Gasteiger partial charge >= 0.3 is 6.09 Å². The van der Waals surface area contributed by atoms with Gasteiger partial charge in [-0.05, 0) is 41.5 Å². The molecule has 0 heterocycles. The van der Waals surface area contributed by atoms with Crippen LogP contribution in [0.15, 0.2) is 84.9 Å². The lowest BCUT2D eigenvalue weighted by molar-refractivity contribution is -0.127. The number of carbonyl (C=O) groups excluding carboxylic acids is 2. The first-order valence-corrected chi connectivity index (χ1v) is 16.9. The zero-order valence-electron chi connectivity index (χ0n) is 28.2. The molecule has 3 aromatic carbocycles. The van der Waals surface area contributed by atoms with Gasteiger partial charge < -0.3 is 44.5 Å². The van der Waals surface area contributed by atoms with E-state index in [1.54, 1.807) is 7.11 Å². The molecule has 1 aliphatic carbocycles. The number of ether oxygens (including phenoxy) is 5. The lowest BCUT2D eigenvalue weighted by Crippen LogP contribution is -2.47. The Morgan fingerprint density at radius 3 is 1.94 bits per heavy atom. The number of fused-ring (bicyclic) bond motifs is 1. The van der Waals surface area contributed by atoms with Crippen molar-refractivity contribution in [2.24, 2.45) is 5.92 Å². The van der Waals surface area contributed by atoms with Gasteiger partial charge in [0.15, 0.2) is 0 Å². The Labute approximate surface area is 288 Å². The number of aliphatic hydroxyl groups excluding tert-OH is 2. The number of nitrogens with one attached hydrogen (secondary N) is 2. The number of aliphatic hydroxyl groups is 2. The van der Waals surface area contributed by atoms with Crippen LogP contribution >= 0.6 is 0 Å². The summed E-state index contributed by atoms with van der Waals surface area (Å²) in [6.45, 7) is 2.90. The molecule has 4 N–H and O–H groups in total. The Morgan fingerprint density at radius 1 is 0.755 bits per heavy atom. The molecular weight excluding hydrogens is 628 g/mol. The summed E-state index contributed by atoms with van der Waals surface area (Å²) in [5.41, 5.74) is 3.75. The molecule has 11 nitrogen and oxygen atoms in total. The molecule has 0 fully saturated rings. The minimum Gasteiger partial charge on any atom is -0.447 e. The number of hydrogen-bond donors (Lipinski definition) is 4. The fourth-order valence-electron chi connectivity index (χ4n) is 5.88. The Bertz CT molecular complexity index is 1380. The highest BCUT2D eigenvalue weighted by atomic mass is 16.6. The highest BCUT2D eigenvalue weighted by Crippen LogP contribution is 2.32. The van der Waals surface area contributed by atoms with Crippen LogP contribution in [0.5, 0.6) is 0 Å². The number of benzene rings is 3. The molecule has 0 spiro atoms. The van der Waals surface area contributed by atoms with E-state index in [9.17, 15) is 19.8 Å². The first-order valence-electron chi connectivity index (χ1n) is 16.9. The number of alkyl carbamates (subject to hydrolysis) is 1. The molecule has 0 aromatic heterocycles. The van der Waals surface area contributed by atoms with Crippen LogP contribution in [0, 0.1) is 5.92 Å². The monoisotopic (exact) mass is 678 g/mol. The predicted octanol–water partition coefficient (Wildman–Crippen LogP) is 3.40. The molecule has 2 amide bonds. The zero-order valence-corrected chi connectivity index (χ0v) is 28.2. The molecular formula is C38H50N2O9. The van der Waals surface area contributed by atoms with Gasteiger partial charge in [0.2, 0.25) is 5.91 Å². The highest BCUT2D eigenvalue weighted by molar-refractivity contribution is 5.80. The summed E-state index contributed by atoms with van der Waals surface area (Å²) in [6, 6.07) is 25.5. The molecule has 0 aliphatic heterocycles. The van der Waals surface area contributed by atoms with Crippen molar-refractivity contribution in [2.45, 2.75) is 50.0 Å². The average Bonchev–Trinajstić information content (AvgIpc) is 3.43. The average molecular weight is 679 g/mol. The van der Waals surface area contributed by atoms with E-state index in [2.05, 4.69) is 10.6 Å². The van der Waals surface area contributed by atoms with Gasteiger partial charge in [0, 0.05) is 19.4 Å². The SMILES string of the molecule is COCCOCCOCCOCCOC(=O)N[C@@H](Cc1ccccc1)[C@@H](O)C[C@@H](Cc1ccccc1)C(=O)N[C@H]1c2ccccc2C[C@H]1O. The minimum absolute atomic E-state index is 0.0182. The third-order valence-electron chi connectivity index (χ3n) is 8.43. The standard InChI is InChI=1S/C38H50N2O9/c1-45-16-17-46-18-19-47-20-21-48-22-23-49-38(44)39-33(25-29-12-6-3-7-13-29)34(41)27-31(24-28-10-4-2-5-11-28)37(43)40-36-32-15-9-8-14-30(32)26-35(36)42/h2-15,31,33-36,41-42H,16-27H2,1H3,(H,39,44)(H,40,43)/t31-,33+,34+,35-,36+/m1/s1. The lowest BCUT2D eigenvalue weighted by atomic mass is 9.88. The van der Waals surface area contributed by atoms with Crippen LogP contribution in [0.25, 0.3) is 0 Å². The Balaban J connectivity index is 1.33. The van der Waals surface area contributed by atoms with Crippen molar-refractivity contribution >= 4 is 12.0 Å². The molecule has 0 unspecified atom stereocenters. The maximum absolute atomic E-state index is 13.9. The van der Waals surface area contributed by atoms with Crippen LogP contribution in [0.3, 0.4) is 0 Å². The first kappa shape index (κ1) is 38.0. The Morgan fingerprint density at radius 2 is 1.31 bits per heavy atom. The number of methoxy groups -OCH3 is 1. The number of carbonyl (C=O) groups is 2. The van der Waals surface area contributed by atoms with E-state index in [1.807, 2.05) is 84.9 Å². The zero-order chi connectivity index (χ0) is 34.7. The Hall–Kier alpha value is -3.84. The van der Waals surface area contributed by atoms with Crippen LogP contribution < -0.4 is 10.6 Å². The van der Waals surface area contributed by atoms with E-state index in [0.29, 0.717) is 58.9 Å². The summed E-state index contributed by atoms with van der Waals surface area (Å²) in [7, 11) is 1.62. The third kappa shape index (κ3) is 13.2. The highest BCUT2D eigenvalue weighted by Gasteiger charge is 2.35. The van der Waals surface area contributed by atoms with Crippen LogP contribution in [0.2, 0.25) is 0 Å². The van der Waals surface area contributed by atoms with E-state index < -0.39 is 36.3 Å². The fraction of sp³-hybridized carbons (Fsp3) is 0.474. The van der Waals surface area contributed by atoms with Crippen LogP contribution in [-0.4, -0.2) is 100 Å². The molecule has 0 saturated carbocycles. The van der Waals surface area contributed by atoms with Crippen molar-refractivity contribution in [2.75, 3.05) is 60.0 Å². The molecule has 11 heteroatoms. The molecule has 49 heavy (non-hydrogen) atoms. The van der Waals surface area contributed by atoms with Gasteiger partial charge in [-0.15, -0.1) is 0 Å². The summed E-state index contributed by atoms with van der Waals surface area (Å²) < 4.78 is 26.5. The van der Waals surface area contributed by atoms with Crippen LogP contribution in [0.4, 0.5) is 4.79 Å². The molecule has 1 aliphatic rings. The quantitative estimate of drug-likeness (QED) is 0.118. The van der Waals surface area contributed by atoms with Crippen molar-refractivity contribution in [1.29, 1.82) is 0 Å². The van der Waals surface area contributed by atoms with Crippen molar-refractivity contribution in [1.82, 2.24) is 10.6 Å². The summed E-state index contributed by atoms with van der Waals surface area (Å²) in [5.74, 6) is -0.912. The van der Waals surface area contributed by atoms with Crippen molar-refractivity contribution in [3.63, 3.8) is 0 Å². The summed E-state index contributed by atoms with van der Waals surface area (Å²) in [5, 5.41) is 28.3. The van der Waals surface area contributed by atoms with Gasteiger partial charge in [0.25, 0.3) is 0 Å². The van der Waals surface area contributed by atoms with Gasteiger partial charge in [0.1, 0.15) is 6.61 Å². The summed E-state index contributed by atoms with van der Waals surface area (Å²) in [4.78, 5) is 26.7. The maximum Gasteiger partial charge on any atom is 0.407 e. The van der Waals surface area contributed by atoms with E-state index in [0.717, 1.165) is 22.3 Å². The van der Waals surface area contributed by atoms with Gasteiger partial charge in [-0.3, -0.25) is 4.79 Å². The van der Waals surface area contributed by atoms with E-state index in [-0.39, 0.29) is 25.5 Å². The van der Waals surface area contributed by atoms with Gasteiger partial charge in [-0.25, -0.2) is 4.79 Å². The molecule has 266 valence electrons. The van der Waals surface area contributed by atoms with Crippen molar-refractivity contribution < 1.29 is 43.5 Å². The molecule has 0 saturated heterocycles. The fourth-order valence-corrected chi connectivity index (χ4v) is 5.88. The molecule has 0 radical (unpaired) electrons. The van der Waals surface area contributed by atoms with E-state index >= 15 is 0 Å². The maximum atomic E-state index is 13.9. The van der Waals surface area contributed by atoms with Crippen molar-refractivity contribution in [3.8, 4) is 0 Å². The summed E-state index contributed by atoms with van der Waals surface area (Å²) >= 11 is 0. The molecule has 4 rings (SSSR count). The smallest absolute Gasteiger partial charge is 0.407 e. The summed E-state index contributed by atoms with van der Waals surface area (Å²) in [6.07, 6.45) is -1.28. The van der Waals surface area contributed by atoms with Gasteiger partial charge in [-0.1, -0.05) is 84.9 Å². The van der Waals surface area contributed by atoms with Crippen molar-refractivity contribution in [3.05, 3.63) is 107 Å².